The van der Waals surface area contributed by atoms with E-state index in [9.17, 15) is 17.2 Å². The summed E-state index contributed by atoms with van der Waals surface area (Å²) in [4.78, 5) is 2.22. The largest absolute Gasteiger partial charge is 0.379 e. The molecule has 25 heavy (non-hydrogen) atoms. The lowest BCUT2D eigenvalue weighted by atomic mass is 10.2. The molecule has 0 aliphatic carbocycles. The minimum atomic E-state index is -3.59. The van der Waals surface area contributed by atoms with Gasteiger partial charge in [-0.2, -0.15) is 13.1 Å². The fourth-order valence-electron chi connectivity index (χ4n) is 3.25. The van der Waals surface area contributed by atoms with Crippen LogP contribution in [0, 0.1) is 0 Å². The highest BCUT2D eigenvalue weighted by atomic mass is 32.2. The Balaban J connectivity index is 1.73. The van der Waals surface area contributed by atoms with Gasteiger partial charge in [0.2, 0.25) is 10.0 Å². The fourth-order valence-corrected chi connectivity index (χ4v) is 4.87. The summed E-state index contributed by atoms with van der Waals surface area (Å²) in [5.41, 5.74) is 0.673. The number of hydrogen-bond acceptors (Lipinski definition) is 5. The summed E-state index contributed by atoms with van der Waals surface area (Å²) < 4.78 is 61.7. The van der Waals surface area contributed by atoms with Gasteiger partial charge in [-0.15, -0.1) is 0 Å². The van der Waals surface area contributed by atoms with Gasteiger partial charge in [-0.3, -0.25) is 4.90 Å². The average molecular weight is 376 g/mol. The van der Waals surface area contributed by atoms with E-state index in [2.05, 4.69) is 4.74 Å². The van der Waals surface area contributed by atoms with Gasteiger partial charge in [0, 0.05) is 32.7 Å². The molecule has 0 radical (unpaired) electrons. The van der Waals surface area contributed by atoms with E-state index < -0.39 is 22.7 Å². The summed E-state index contributed by atoms with van der Waals surface area (Å²) in [5, 5.41) is 0. The lowest BCUT2D eigenvalue weighted by Crippen LogP contribution is -2.41. The van der Waals surface area contributed by atoms with E-state index in [0.29, 0.717) is 57.9 Å². The molecule has 2 saturated heterocycles. The fraction of sp³-hybridized carbons (Fsp3) is 0.625. The van der Waals surface area contributed by atoms with E-state index in [4.69, 9.17) is 4.74 Å². The van der Waals surface area contributed by atoms with Gasteiger partial charge in [0.15, 0.2) is 0 Å². The Labute approximate surface area is 146 Å². The van der Waals surface area contributed by atoms with Crippen LogP contribution < -0.4 is 0 Å². The molecule has 1 aromatic carbocycles. The molecule has 2 fully saturated rings. The van der Waals surface area contributed by atoms with Crippen LogP contribution in [-0.4, -0.2) is 69.7 Å². The van der Waals surface area contributed by atoms with Crippen LogP contribution in [0.25, 0.3) is 0 Å². The number of hydrogen-bond donors (Lipinski definition) is 0. The van der Waals surface area contributed by atoms with Crippen LogP contribution in [0.1, 0.15) is 12.0 Å². The number of rotatable bonds is 6. The van der Waals surface area contributed by atoms with Crippen LogP contribution in [0.4, 0.5) is 8.78 Å². The normalized spacial score (nSPS) is 23.4. The lowest BCUT2D eigenvalue weighted by Gasteiger charge is -2.27. The molecule has 0 bridgehead atoms. The van der Waals surface area contributed by atoms with Crippen LogP contribution in [0.3, 0.4) is 0 Å². The molecule has 1 atom stereocenters. The number of nitrogens with zero attached hydrogens (tertiary/aromatic N) is 2. The van der Waals surface area contributed by atoms with E-state index in [0.717, 1.165) is 0 Å². The number of sulfonamides is 1. The van der Waals surface area contributed by atoms with Crippen LogP contribution in [0.5, 0.6) is 0 Å². The molecule has 2 heterocycles. The van der Waals surface area contributed by atoms with Crippen molar-refractivity contribution in [3.63, 3.8) is 0 Å². The van der Waals surface area contributed by atoms with Crippen LogP contribution in [0.2, 0.25) is 0 Å². The molecule has 2 aliphatic heterocycles. The van der Waals surface area contributed by atoms with Gasteiger partial charge in [0.25, 0.3) is 0 Å². The molecule has 0 saturated carbocycles. The number of halogens is 2. The Kier molecular flexibility index (Phi) is 6.00. The van der Waals surface area contributed by atoms with Crippen molar-refractivity contribution in [3.05, 3.63) is 29.8 Å². The van der Waals surface area contributed by atoms with E-state index in [1.807, 2.05) is 4.90 Å². The quantitative estimate of drug-likeness (QED) is 0.754. The van der Waals surface area contributed by atoms with Crippen molar-refractivity contribution in [3.8, 4) is 0 Å². The molecule has 6 nitrogen and oxygen atoms in total. The molecular weight excluding hydrogens is 354 g/mol. The summed E-state index contributed by atoms with van der Waals surface area (Å²) in [5.74, 6) is 0. The maximum Gasteiger partial charge on any atom is 0.345 e. The second-order valence-electron chi connectivity index (χ2n) is 6.17. The van der Waals surface area contributed by atoms with Crippen molar-refractivity contribution in [1.29, 1.82) is 0 Å². The number of morpholine rings is 1. The first-order valence-electron chi connectivity index (χ1n) is 8.28. The van der Waals surface area contributed by atoms with Gasteiger partial charge in [0.1, 0.15) is 0 Å². The molecular formula is C16H22F2N2O4S. The minimum Gasteiger partial charge on any atom is -0.379 e. The Bertz CT molecular complexity index is 680. The number of likely N-dealkylation sites (tertiary alicyclic amines) is 1. The van der Waals surface area contributed by atoms with E-state index >= 15 is 0 Å². The molecule has 2 aliphatic rings. The minimum absolute atomic E-state index is 0.273. The van der Waals surface area contributed by atoms with Gasteiger partial charge in [-0.05, 0) is 18.1 Å². The second-order valence-corrected chi connectivity index (χ2v) is 8.07. The van der Waals surface area contributed by atoms with Crippen molar-refractivity contribution < 1.29 is 26.7 Å². The molecule has 0 amide bonds. The van der Waals surface area contributed by atoms with E-state index in [1.165, 1.54) is 4.31 Å². The molecule has 9 heteroatoms. The average Bonchev–Trinajstić information content (AvgIpc) is 3.02. The molecule has 1 aromatic rings. The summed E-state index contributed by atoms with van der Waals surface area (Å²) in [6.07, 6.45) is 0.00549. The van der Waals surface area contributed by atoms with E-state index in [1.54, 1.807) is 24.3 Å². The Morgan fingerprint density at radius 3 is 2.64 bits per heavy atom. The van der Waals surface area contributed by atoms with Gasteiger partial charge in [-0.25, -0.2) is 8.42 Å². The molecule has 3 rings (SSSR count). The third-order valence-corrected chi connectivity index (χ3v) is 6.48. The first-order valence-corrected chi connectivity index (χ1v) is 9.72. The SMILES string of the molecule is O=S(=O)(c1ccccc1CN1CC[C@H](OC(F)F)C1)N1CCOCC1. The van der Waals surface area contributed by atoms with Crippen LogP contribution >= 0.6 is 0 Å². The second kappa shape index (κ2) is 8.05. The highest BCUT2D eigenvalue weighted by Gasteiger charge is 2.30. The monoisotopic (exact) mass is 376 g/mol. The standard InChI is InChI=1S/C16H22F2N2O4S/c17-16(18)24-14-5-6-19(12-14)11-13-3-1-2-4-15(13)25(21,22)20-7-9-23-10-8-20/h1-4,14,16H,5-12H2/t14-/m0/s1. The first-order chi connectivity index (χ1) is 12.0. The van der Waals surface area contributed by atoms with Crippen molar-refractivity contribution in [2.45, 2.75) is 30.6 Å². The highest BCUT2D eigenvalue weighted by molar-refractivity contribution is 7.89. The summed E-state index contributed by atoms with van der Waals surface area (Å²) in [6.45, 7) is 0.0388. The molecule has 140 valence electrons. The van der Waals surface area contributed by atoms with Crippen molar-refractivity contribution in [1.82, 2.24) is 9.21 Å². The molecule has 0 aromatic heterocycles. The zero-order valence-electron chi connectivity index (χ0n) is 13.8. The van der Waals surface area contributed by atoms with Gasteiger partial charge in [-0.1, -0.05) is 18.2 Å². The predicted molar refractivity (Wildman–Crippen MR) is 86.8 cm³/mol. The topological polar surface area (TPSA) is 59.1 Å². The number of benzene rings is 1. The zero-order valence-corrected chi connectivity index (χ0v) is 14.6. The Hall–Kier alpha value is -1.13. The summed E-state index contributed by atoms with van der Waals surface area (Å²) in [6, 6.07) is 6.86. The zero-order chi connectivity index (χ0) is 17.9. The van der Waals surface area contributed by atoms with Gasteiger partial charge in [0.05, 0.1) is 24.2 Å². The third-order valence-electron chi connectivity index (χ3n) is 4.48. The van der Waals surface area contributed by atoms with Crippen molar-refractivity contribution in [2.24, 2.45) is 0 Å². The molecule has 0 spiro atoms. The lowest BCUT2D eigenvalue weighted by molar-refractivity contribution is -0.158. The number of alkyl halides is 2. The molecule has 0 N–H and O–H groups in total. The maximum absolute atomic E-state index is 12.9. The van der Waals surface area contributed by atoms with Crippen LogP contribution in [-0.2, 0) is 26.0 Å². The Morgan fingerprint density at radius 2 is 1.92 bits per heavy atom. The maximum atomic E-state index is 12.9. The predicted octanol–water partition coefficient (Wildman–Crippen LogP) is 1.52. The van der Waals surface area contributed by atoms with Crippen molar-refractivity contribution in [2.75, 3.05) is 39.4 Å². The summed E-state index contributed by atoms with van der Waals surface area (Å²) >= 11 is 0. The molecule has 0 unspecified atom stereocenters. The van der Waals surface area contributed by atoms with E-state index in [-0.39, 0.29) is 4.90 Å². The Morgan fingerprint density at radius 1 is 1.20 bits per heavy atom. The van der Waals surface area contributed by atoms with Gasteiger partial charge < -0.3 is 9.47 Å². The summed E-state index contributed by atoms with van der Waals surface area (Å²) in [7, 11) is -3.59. The smallest absolute Gasteiger partial charge is 0.345 e. The van der Waals surface area contributed by atoms with Crippen molar-refractivity contribution >= 4 is 10.0 Å². The third kappa shape index (κ3) is 4.53. The van der Waals surface area contributed by atoms with Crippen LogP contribution in [0.15, 0.2) is 29.2 Å². The first kappa shape index (κ1) is 18.7. The van der Waals surface area contributed by atoms with Gasteiger partial charge >= 0.3 is 6.61 Å². The number of ether oxygens (including phenoxy) is 2. The highest BCUT2D eigenvalue weighted by Crippen LogP contribution is 2.24.